The Morgan fingerprint density at radius 1 is 1.22 bits per heavy atom. The summed E-state index contributed by atoms with van der Waals surface area (Å²) in [5.41, 5.74) is 1.31. The van der Waals surface area contributed by atoms with Gasteiger partial charge in [0.1, 0.15) is 0 Å². The van der Waals surface area contributed by atoms with Crippen LogP contribution in [0.3, 0.4) is 0 Å². The summed E-state index contributed by atoms with van der Waals surface area (Å²) in [7, 11) is 0. The third kappa shape index (κ3) is 3.18. The molecule has 0 bridgehead atoms. The van der Waals surface area contributed by atoms with Crippen molar-refractivity contribution < 1.29 is 4.79 Å². The van der Waals surface area contributed by atoms with Gasteiger partial charge in [-0.1, -0.05) is 23.7 Å². The van der Waals surface area contributed by atoms with E-state index in [2.05, 4.69) is 10.3 Å². The Bertz CT molecular complexity index is 567. The number of pyridine rings is 1. The lowest BCUT2D eigenvalue weighted by Crippen LogP contribution is -1.96. The van der Waals surface area contributed by atoms with E-state index in [1.165, 1.54) is 12.3 Å². The maximum absolute atomic E-state index is 11.7. The van der Waals surface area contributed by atoms with E-state index in [1.54, 1.807) is 30.6 Å². The van der Waals surface area contributed by atoms with E-state index in [-0.39, 0.29) is 5.78 Å². The number of allylic oxidation sites excluding steroid dienone is 1. The van der Waals surface area contributed by atoms with Crippen LogP contribution in [0.2, 0.25) is 5.02 Å². The van der Waals surface area contributed by atoms with Gasteiger partial charge in [-0.15, -0.1) is 0 Å². The lowest BCUT2D eigenvalue weighted by molar-refractivity contribution is 0.104. The average molecular weight is 259 g/mol. The molecule has 0 saturated heterocycles. The Morgan fingerprint density at radius 3 is 2.78 bits per heavy atom. The first kappa shape index (κ1) is 12.3. The van der Waals surface area contributed by atoms with Crippen LogP contribution in [-0.4, -0.2) is 10.8 Å². The first-order valence-corrected chi connectivity index (χ1v) is 5.77. The molecule has 0 aliphatic carbocycles. The highest BCUT2D eigenvalue weighted by Crippen LogP contribution is 2.20. The zero-order chi connectivity index (χ0) is 12.8. The highest BCUT2D eigenvalue weighted by Gasteiger charge is 2.00. The monoisotopic (exact) mass is 258 g/mol. The third-order valence-corrected chi connectivity index (χ3v) is 2.62. The molecule has 90 valence electrons. The smallest absolute Gasteiger partial charge is 0.188 e. The molecule has 0 aliphatic rings. The number of hydrogen-bond donors (Lipinski definition) is 1. The van der Waals surface area contributed by atoms with E-state index >= 15 is 0 Å². The number of ketones is 1. The lowest BCUT2D eigenvalue weighted by atomic mass is 10.2. The number of benzene rings is 1. The molecule has 0 amide bonds. The largest absolute Gasteiger partial charge is 0.360 e. The Kier molecular flexibility index (Phi) is 4.10. The van der Waals surface area contributed by atoms with Gasteiger partial charge in [0.2, 0.25) is 0 Å². The topological polar surface area (TPSA) is 42.0 Å². The van der Waals surface area contributed by atoms with E-state index in [0.717, 1.165) is 5.69 Å². The molecule has 0 aliphatic heterocycles. The maximum Gasteiger partial charge on any atom is 0.188 e. The SMILES string of the molecule is O=C(/C=C/Nc1ccccc1Cl)c1cccnc1. The molecule has 0 fully saturated rings. The summed E-state index contributed by atoms with van der Waals surface area (Å²) in [6.07, 6.45) is 6.17. The molecule has 2 aromatic rings. The minimum absolute atomic E-state index is 0.109. The molecule has 1 aromatic heterocycles. The summed E-state index contributed by atoms with van der Waals surface area (Å²) in [5, 5.41) is 3.57. The summed E-state index contributed by atoms with van der Waals surface area (Å²) < 4.78 is 0. The molecule has 0 spiro atoms. The van der Waals surface area contributed by atoms with E-state index in [9.17, 15) is 4.79 Å². The molecule has 0 saturated carbocycles. The van der Waals surface area contributed by atoms with Crippen molar-refractivity contribution in [2.75, 3.05) is 5.32 Å². The molecule has 0 unspecified atom stereocenters. The first-order chi connectivity index (χ1) is 8.77. The highest BCUT2D eigenvalue weighted by atomic mass is 35.5. The molecule has 3 nitrogen and oxygen atoms in total. The third-order valence-electron chi connectivity index (χ3n) is 2.29. The number of hydrogen-bond acceptors (Lipinski definition) is 3. The maximum atomic E-state index is 11.7. The average Bonchev–Trinajstić information content (AvgIpc) is 2.42. The van der Waals surface area contributed by atoms with Crippen LogP contribution in [0.15, 0.2) is 61.1 Å². The Labute approximate surface area is 110 Å². The van der Waals surface area contributed by atoms with Crippen LogP contribution in [-0.2, 0) is 0 Å². The Balaban J connectivity index is 2.01. The number of nitrogens with one attached hydrogen (secondary N) is 1. The predicted molar refractivity (Wildman–Crippen MR) is 72.8 cm³/mol. The highest BCUT2D eigenvalue weighted by molar-refractivity contribution is 6.33. The van der Waals surface area contributed by atoms with Gasteiger partial charge in [0.15, 0.2) is 5.78 Å². The molecule has 1 N–H and O–H groups in total. The van der Waals surface area contributed by atoms with E-state index in [4.69, 9.17) is 11.6 Å². The van der Waals surface area contributed by atoms with Crippen molar-refractivity contribution in [3.05, 3.63) is 71.7 Å². The zero-order valence-corrected chi connectivity index (χ0v) is 10.3. The van der Waals surface area contributed by atoms with Crippen LogP contribution in [0.25, 0.3) is 0 Å². The number of halogens is 1. The second-order valence-corrected chi connectivity index (χ2v) is 3.97. The molecular weight excluding hydrogens is 248 g/mol. The zero-order valence-electron chi connectivity index (χ0n) is 9.51. The number of anilines is 1. The Morgan fingerprint density at radius 2 is 2.06 bits per heavy atom. The standard InChI is InChI=1S/C14H11ClN2O/c15-12-5-1-2-6-13(12)17-9-7-14(18)11-4-3-8-16-10-11/h1-10,17H/b9-7+. The summed E-state index contributed by atoms with van der Waals surface area (Å²) in [4.78, 5) is 15.6. The number of nitrogens with zero attached hydrogens (tertiary/aromatic N) is 1. The molecular formula is C14H11ClN2O. The number of rotatable bonds is 4. The molecule has 4 heteroatoms. The molecule has 2 rings (SSSR count). The summed E-state index contributed by atoms with van der Waals surface area (Å²) in [6.45, 7) is 0. The fraction of sp³-hybridized carbons (Fsp3) is 0. The van der Waals surface area contributed by atoms with Crippen molar-refractivity contribution in [3.63, 3.8) is 0 Å². The van der Waals surface area contributed by atoms with Crippen molar-refractivity contribution in [2.24, 2.45) is 0 Å². The molecule has 1 heterocycles. The second-order valence-electron chi connectivity index (χ2n) is 3.56. The minimum Gasteiger partial charge on any atom is -0.360 e. The van der Waals surface area contributed by atoms with E-state index in [0.29, 0.717) is 10.6 Å². The van der Waals surface area contributed by atoms with E-state index < -0.39 is 0 Å². The number of carbonyl (C=O) groups is 1. The van der Waals surface area contributed by atoms with Gasteiger partial charge in [-0.3, -0.25) is 9.78 Å². The molecule has 0 radical (unpaired) electrons. The fourth-order valence-electron chi connectivity index (χ4n) is 1.39. The minimum atomic E-state index is -0.109. The summed E-state index contributed by atoms with van der Waals surface area (Å²) in [5.74, 6) is -0.109. The summed E-state index contributed by atoms with van der Waals surface area (Å²) >= 11 is 5.97. The number of para-hydroxylation sites is 1. The van der Waals surface area contributed by atoms with Crippen LogP contribution < -0.4 is 5.32 Å². The normalized spacial score (nSPS) is 10.5. The second kappa shape index (κ2) is 5.98. The Hall–Kier alpha value is -2.13. The van der Waals surface area contributed by atoms with Crippen LogP contribution >= 0.6 is 11.6 Å². The van der Waals surface area contributed by atoms with Crippen molar-refractivity contribution >= 4 is 23.1 Å². The molecule has 1 aromatic carbocycles. The quantitative estimate of drug-likeness (QED) is 0.674. The van der Waals surface area contributed by atoms with Crippen LogP contribution in [0.5, 0.6) is 0 Å². The predicted octanol–water partition coefficient (Wildman–Crippen LogP) is 3.54. The van der Waals surface area contributed by atoms with Crippen molar-refractivity contribution in [3.8, 4) is 0 Å². The van der Waals surface area contributed by atoms with Gasteiger partial charge in [0.05, 0.1) is 10.7 Å². The van der Waals surface area contributed by atoms with Gasteiger partial charge >= 0.3 is 0 Å². The van der Waals surface area contributed by atoms with Gasteiger partial charge < -0.3 is 5.32 Å². The van der Waals surface area contributed by atoms with Gasteiger partial charge in [-0.2, -0.15) is 0 Å². The lowest BCUT2D eigenvalue weighted by Gasteiger charge is -2.02. The van der Waals surface area contributed by atoms with Crippen molar-refractivity contribution in [2.45, 2.75) is 0 Å². The van der Waals surface area contributed by atoms with Crippen molar-refractivity contribution in [1.82, 2.24) is 4.98 Å². The van der Waals surface area contributed by atoms with Crippen LogP contribution in [0.1, 0.15) is 10.4 Å². The number of aromatic nitrogens is 1. The van der Waals surface area contributed by atoms with Gasteiger partial charge in [-0.05, 0) is 24.3 Å². The summed E-state index contributed by atoms with van der Waals surface area (Å²) in [6, 6.07) is 10.8. The van der Waals surface area contributed by atoms with Gasteiger partial charge in [-0.25, -0.2) is 0 Å². The van der Waals surface area contributed by atoms with Crippen LogP contribution in [0.4, 0.5) is 5.69 Å². The van der Waals surface area contributed by atoms with Crippen LogP contribution in [0, 0.1) is 0 Å². The molecule has 18 heavy (non-hydrogen) atoms. The first-order valence-electron chi connectivity index (χ1n) is 5.39. The number of carbonyl (C=O) groups excluding carboxylic acids is 1. The molecule has 0 atom stereocenters. The van der Waals surface area contributed by atoms with Gasteiger partial charge in [0, 0.05) is 30.2 Å². The van der Waals surface area contributed by atoms with E-state index in [1.807, 2.05) is 18.2 Å². The van der Waals surface area contributed by atoms with Crippen molar-refractivity contribution in [1.29, 1.82) is 0 Å². The van der Waals surface area contributed by atoms with Gasteiger partial charge in [0.25, 0.3) is 0 Å². The fourth-order valence-corrected chi connectivity index (χ4v) is 1.58.